The van der Waals surface area contributed by atoms with E-state index >= 15 is 0 Å². The van der Waals surface area contributed by atoms with Crippen molar-refractivity contribution in [3.63, 3.8) is 0 Å². The average molecular weight is 374 g/mol. The molecule has 0 radical (unpaired) electrons. The largest absolute Gasteiger partial charge is 0.508 e. The molecular formula is C20H17Cl2NO2. The summed E-state index contributed by atoms with van der Waals surface area (Å²) in [6, 6.07) is 20.2. The monoisotopic (exact) mass is 373 g/mol. The molecule has 3 aromatic rings. The minimum Gasteiger partial charge on any atom is -0.508 e. The molecule has 3 rings (SSSR count). The number of aromatic hydroxyl groups is 1. The minimum atomic E-state index is 0.249. The molecule has 5 heteroatoms. The van der Waals surface area contributed by atoms with Gasteiger partial charge in [-0.05, 0) is 54.1 Å². The summed E-state index contributed by atoms with van der Waals surface area (Å²) in [6.45, 7) is 0.960. The van der Waals surface area contributed by atoms with Crippen molar-refractivity contribution in [2.45, 2.75) is 13.2 Å². The van der Waals surface area contributed by atoms with Gasteiger partial charge in [-0.25, -0.2) is 0 Å². The van der Waals surface area contributed by atoms with Gasteiger partial charge < -0.3 is 15.2 Å². The van der Waals surface area contributed by atoms with Crippen molar-refractivity contribution in [3.05, 3.63) is 87.9 Å². The minimum absolute atomic E-state index is 0.249. The van der Waals surface area contributed by atoms with Crippen LogP contribution >= 0.6 is 23.2 Å². The lowest BCUT2D eigenvalue weighted by Crippen LogP contribution is -2.01. The van der Waals surface area contributed by atoms with Gasteiger partial charge in [-0.2, -0.15) is 0 Å². The topological polar surface area (TPSA) is 41.5 Å². The van der Waals surface area contributed by atoms with Crippen LogP contribution in [0.25, 0.3) is 0 Å². The van der Waals surface area contributed by atoms with E-state index in [1.165, 1.54) is 0 Å². The second kappa shape index (κ2) is 8.15. The molecular weight excluding hydrogens is 357 g/mol. The fraction of sp³-hybridized carbons (Fsp3) is 0.100. The summed E-state index contributed by atoms with van der Waals surface area (Å²) in [5.74, 6) is 1.00. The normalized spacial score (nSPS) is 10.5. The first kappa shape index (κ1) is 17.5. The van der Waals surface area contributed by atoms with Crippen LogP contribution in [-0.2, 0) is 13.2 Å². The van der Waals surface area contributed by atoms with Gasteiger partial charge in [-0.15, -0.1) is 0 Å². The van der Waals surface area contributed by atoms with E-state index in [-0.39, 0.29) is 5.75 Å². The van der Waals surface area contributed by atoms with Gasteiger partial charge in [0.05, 0.1) is 0 Å². The highest BCUT2D eigenvalue weighted by Gasteiger charge is 2.06. The van der Waals surface area contributed by atoms with E-state index in [4.69, 9.17) is 27.9 Å². The standard InChI is InChI=1S/C20H17Cl2NO2/c21-19-5-2-6-20(22)18(19)13-25-17-4-1-3-14(11-17)12-23-15-7-9-16(24)10-8-15/h1-11,23-24H,12-13H2. The Bertz CT molecular complexity index is 830. The molecule has 0 saturated heterocycles. The van der Waals surface area contributed by atoms with E-state index in [1.54, 1.807) is 24.3 Å². The Morgan fingerprint density at radius 2 is 1.56 bits per heavy atom. The molecule has 0 amide bonds. The second-order valence-corrected chi connectivity index (χ2v) is 6.35. The van der Waals surface area contributed by atoms with Gasteiger partial charge >= 0.3 is 0 Å². The maximum absolute atomic E-state index is 9.31. The number of phenolic OH excluding ortho intramolecular Hbond substituents is 1. The van der Waals surface area contributed by atoms with Crippen molar-refractivity contribution in [1.82, 2.24) is 0 Å². The predicted molar refractivity (Wildman–Crippen MR) is 103 cm³/mol. The van der Waals surface area contributed by atoms with Crippen LogP contribution in [0.2, 0.25) is 10.0 Å². The Labute approximate surface area is 156 Å². The van der Waals surface area contributed by atoms with Crippen LogP contribution in [0.3, 0.4) is 0 Å². The van der Waals surface area contributed by atoms with Crippen LogP contribution in [0.4, 0.5) is 5.69 Å². The van der Waals surface area contributed by atoms with Crippen molar-refractivity contribution in [2.24, 2.45) is 0 Å². The van der Waals surface area contributed by atoms with Crippen molar-refractivity contribution < 1.29 is 9.84 Å². The number of benzene rings is 3. The number of hydrogen-bond donors (Lipinski definition) is 2. The first-order chi connectivity index (χ1) is 12.1. The van der Waals surface area contributed by atoms with Crippen LogP contribution in [0.1, 0.15) is 11.1 Å². The second-order valence-electron chi connectivity index (χ2n) is 5.54. The SMILES string of the molecule is Oc1ccc(NCc2cccc(OCc3c(Cl)cccc3Cl)c2)cc1. The first-order valence-corrected chi connectivity index (χ1v) is 8.55. The molecule has 0 aliphatic carbocycles. The summed E-state index contributed by atoms with van der Waals surface area (Å²) in [5, 5.41) is 13.8. The highest BCUT2D eigenvalue weighted by Crippen LogP contribution is 2.26. The van der Waals surface area contributed by atoms with E-state index in [1.807, 2.05) is 42.5 Å². The van der Waals surface area contributed by atoms with Gasteiger partial charge in [0.2, 0.25) is 0 Å². The lowest BCUT2D eigenvalue weighted by Gasteiger charge is -2.11. The number of nitrogens with one attached hydrogen (secondary N) is 1. The van der Waals surface area contributed by atoms with E-state index < -0.39 is 0 Å². The van der Waals surface area contributed by atoms with Gasteiger partial charge in [0.25, 0.3) is 0 Å². The lowest BCUT2D eigenvalue weighted by molar-refractivity contribution is 0.306. The van der Waals surface area contributed by atoms with E-state index in [0.717, 1.165) is 22.6 Å². The van der Waals surface area contributed by atoms with Gasteiger partial charge in [-0.3, -0.25) is 0 Å². The molecule has 0 spiro atoms. The Kier molecular flexibility index (Phi) is 5.69. The third-order valence-corrected chi connectivity index (χ3v) is 4.42. The number of rotatable bonds is 6. The van der Waals surface area contributed by atoms with Gasteiger partial charge in [0, 0.05) is 27.8 Å². The molecule has 0 aromatic heterocycles. The summed E-state index contributed by atoms with van der Waals surface area (Å²) in [4.78, 5) is 0. The van der Waals surface area contributed by atoms with Crippen LogP contribution < -0.4 is 10.1 Å². The summed E-state index contributed by atoms with van der Waals surface area (Å²) in [6.07, 6.45) is 0. The smallest absolute Gasteiger partial charge is 0.120 e. The van der Waals surface area contributed by atoms with Crippen molar-refractivity contribution >= 4 is 28.9 Å². The van der Waals surface area contributed by atoms with Crippen molar-refractivity contribution in [1.29, 1.82) is 0 Å². The third-order valence-electron chi connectivity index (χ3n) is 3.71. The van der Waals surface area contributed by atoms with E-state index in [9.17, 15) is 5.11 Å². The zero-order valence-electron chi connectivity index (χ0n) is 13.4. The number of ether oxygens (including phenoxy) is 1. The predicted octanol–water partition coefficient (Wildman–Crippen LogP) is 5.89. The molecule has 0 aliphatic rings. The zero-order chi connectivity index (χ0) is 17.6. The maximum atomic E-state index is 9.31. The molecule has 3 nitrogen and oxygen atoms in total. The van der Waals surface area contributed by atoms with Crippen LogP contribution in [0.15, 0.2) is 66.7 Å². The average Bonchev–Trinajstić information content (AvgIpc) is 2.61. The lowest BCUT2D eigenvalue weighted by atomic mass is 10.2. The Morgan fingerprint density at radius 3 is 2.28 bits per heavy atom. The first-order valence-electron chi connectivity index (χ1n) is 7.79. The Morgan fingerprint density at radius 1 is 0.880 bits per heavy atom. The molecule has 0 fully saturated rings. The highest BCUT2D eigenvalue weighted by molar-refractivity contribution is 6.35. The Balaban J connectivity index is 1.62. The molecule has 0 aliphatic heterocycles. The molecule has 0 heterocycles. The van der Waals surface area contributed by atoms with Crippen LogP contribution in [0, 0.1) is 0 Å². The summed E-state index contributed by atoms with van der Waals surface area (Å²) in [7, 11) is 0. The number of hydrogen-bond acceptors (Lipinski definition) is 3. The van der Waals surface area contributed by atoms with Crippen molar-refractivity contribution in [2.75, 3.05) is 5.32 Å². The van der Waals surface area contributed by atoms with Crippen LogP contribution in [-0.4, -0.2) is 5.11 Å². The summed E-state index contributed by atoms with van der Waals surface area (Å²) in [5.41, 5.74) is 2.79. The molecule has 0 bridgehead atoms. The summed E-state index contributed by atoms with van der Waals surface area (Å²) >= 11 is 12.3. The van der Waals surface area contributed by atoms with Crippen LogP contribution in [0.5, 0.6) is 11.5 Å². The fourth-order valence-corrected chi connectivity index (χ4v) is 2.86. The number of anilines is 1. The Hall–Kier alpha value is -2.36. The summed E-state index contributed by atoms with van der Waals surface area (Å²) < 4.78 is 5.83. The number of halogens is 2. The van der Waals surface area contributed by atoms with Gasteiger partial charge in [0.15, 0.2) is 0 Å². The highest BCUT2D eigenvalue weighted by atomic mass is 35.5. The van der Waals surface area contributed by atoms with E-state index in [2.05, 4.69) is 5.32 Å². The molecule has 2 N–H and O–H groups in total. The molecule has 25 heavy (non-hydrogen) atoms. The molecule has 0 saturated carbocycles. The third kappa shape index (κ3) is 4.81. The molecule has 0 atom stereocenters. The van der Waals surface area contributed by atoms with Gasteiger partial charge in [0.1, 0.15) is 18.1 Å². The molecule has 3 aromatic carbocycles. The zero-order valence-corrected chi connectivity index (χ0v) is 14.9. The quantitative estimate of drug-likeness (QED) is 0.529. The fourth-order valence-electron chi connectivity index (χ4n) is 2.35. The van der Waals surface area contributed by atoms with Gasteiger partial charge in [-0.1, -0.05) is 41.4 Å². The molecule has 0 unspecified atom stereocenters. The van der Waals surface area contributed by atoms with E-state index in [0.29, 0.717) is 23.2 Å². The maximum Gasteiger partial charge on any atom is 0.120 e. The molecule has 128 valence electrons. The number of phenols is 1. The van der Waals surface area contributed by atoms with Crippen molar-refractivity contribution in [3.8, 4) is 11.5 Å².